The van der Waals surface area contributed by atoms with Gasteiger partial charge in [-0.3, -0.25) is 9.89 Å². The third-order valence-electron chi connectivity index (χ3n) is 4.80. The van der Waals surface area contributed by atoms with E-state index in [1.54, 1.807) is 24.4 Å². The summed E-state index contributed by atoms with van der Waals surface area (Å²) in [6.07, 6.45) is 4.74. The van der Waals surface area contributed by atoms with Crippen LogP contribution in [0.25, 0.3) is 10.9 Å². The summed E-state index contributed by atoms with van der Waals surface area (Å²) >= 11 is 0. The average Bonchev–Trinajstić information content (AvgIpc) is 3.21. The van der Waals surface area contributed by atoms with Gasteiger partial charge in [-0.15, -0.1) is 0 Å². The molecule has 5 nitrogen and oxygen atoms in total. The lowest BCUT2D eigenvalue weighted by Gasteiger charge is -2.35. The Morgan fingerprint density at radius 1 is 1.38 bits per heavy atom. The predicted molar refractivity (Wildman–Crippen MR) is 89.2 cm³/mol. The van der Waals surface area contributed by atoms with E-state index < -0.39 is 0 Å². The molecule has 2 aromatic heterocycles. The third-order valence-corrected chi connectivity index (χ3v) is 4.80. The second kappa shape index (κ2) is 5.78. The largest absolute Gasteiger partial charge is 0.348 e. The number of hydrogen-bond acceptors (Lipinski definition) is 2. The molecule has 24 heavy (non-hydrogen) atoms. The number of halogens is 1. The van der Waals surface area contributed by atoms with Crippen molar-refractivity contribution in [1.29, 1.82) is 0 Å². The van der Waals surface area contributed by atoms with Gasteiger partial charge in [-0.2, -0.15) is 5.10 Å². The van der Waals surface area contributed by atoms with E-state index in [4.69, 9.17) is 0 Å². The van der Waals surface area contributed by atoms with E-state index in [1.165, 1.54) is 6.07 Å². The second-order valence-corrected chi connectivity index (χ2v) is 6.36. The maximum Gasteiger partial charge on any atom is 0.270 e. The normalized spacial score (nSPS) is 18.2. The van der Waals surface area contributed by atoms with Gasteiger partial charge in [0.15, 0.2) is 0 Å². The number of likely N-dealkylation sites (tertiary alicyclic amines) is 1. The van der Waals surface area contributed by atoms with Crippen LogP contribution in [-0.4, -0.2) is 32.5 Å². The molecule has 0 aliphatic carbocycles. The molecule has 2 N–H and O–H groups in total. The van der Waals surface area contributed by atoms with Crippen LogP contribution in [0.3, 0.4) is 0 Å². The number of aryl methyl sites for hydroxylation is 1. The Kier molecular flexibility index (Phi) is 3.59. The molecule has 1 amide bonds. The Labute approximate surface area is 138 Å². The standard InChI is InChI=1S/C18H19FN4O/c1-11-10-20-22-16(11)15-7-2-3-8-23(15)18(24)14-9-12-5-4-6-13(19)17(12)21-14/h4-6,9-10,15,21H,2-3,7-8H2,1H3,(H,20,22)/t15-/m1/s1. The highest BCUT2D eigenvalue weighted by Gasteiger charge is 2.31. The predicted octanol–water partition coefficient (Wildman–Crippen LogP) is 3.71. The number of aromatic nitrogens is 3. The molecule has 124 valence electrons. The number of hydrogen-bond donors (Lipinski definition) is 2. The molecule has 1 aliphatic heterocycles. The van der Waals surface area contributed by atoms with Gasteiger partial charge in [-0.25, -0.2) is 4.39 Å². The minimum absolute atomic E-state index is 0.00925. The van der Waals surface area contributed by atoms with E-state index in [1.807, 2.05) is 11.8 Å². The van der Waals surface area contributed by atoms with Crippen LogP contribution in [-0.2, 0) is 0 Å². The van der Waals surface area contributed by atoms with Gasteiger partial charge in [-0.1, -0.05) is 12.1 Å². The van der Waals surface area contributed by atoms with E-state index in [0.29, 0.717) is 23.1 Å². The van der Waals surface area contributed by atoms with Crippen LogP contribution in [0.2, 0.25) is 0 Å². The lowest BCUT2D eigenvalue weighted by molar-refractivity contribution is 0.0600. The number of rotatable bonds is 2. The quantitative estimate of drug-likeness (QED) is 0.754. The van der Waals surface area contributed by atoms with Gasteiger partial charge >= 0.3 is 0 Å². The monoisotopic (exact) mass is 326 g/mol. The maximum atomic E-state index is 13.9. The molecule has 1 aliphatic rings. The summed E-state index contributed by atoms with van der Waals surface area (Å²) in [6.45, 7) is 2.69. The molecule has 3 aromatic rings. The van der Waals surface area contributed by atoms with Gasteiger partial charge in [-0.05, 0) is 43.9 Å². The van der Waals surface area contributed by atoms with E-state index >= 15 is 0 Å². The molecular weight excluding hydrogens is 307 g/mol. The average molecular weight is 326 g/mol. The topological polar surface area (TPSA) is 64.8 Å². The number of carbonyl (C=O) groups is 1. The minimum atomic E-state index is -0.342. The highest BCUT2D eigenvalue weighted by atomic mass is 19.1. The number of para-hydroxylation sites is 1. The molecule has 0 radical (unpaired) electrons. The zero-order valence-corrected chi connectivity index (χ0v) is 13.5. The Morgan fingerprint density at radius 3 is 3.00 bits per heavy atom. The first-order valence-corrected chi connectivity index (χ1v) is 8.23. The number of aromatic amines is 2. The fourth-order valence-electron chi connectivity index (χ4n) is 3.56. The molecule has 1 aromatic carbocycles. The fraction of sp³-hybridized carbons (Fsp3) is 0.333. The van der Waals surface area contributed by atoms with E-state index in [2.05, 4.69) is 15.2 Å². The smallest absolute Gasteiger partial charge is 0.270 e. The maximum absolute atomic E-state index is 13.9. The molecule has 1 fully saturated rings. The van der Waals surface area contributed by atoms with Gasteiger partial charge in [0.2, 0.25) is 0 Å². The number of benzene rings is 1. The molecule has 0 spiro atoms. The van der Waals surface area contributed by atoms with Crippen LogP contribution in [0.1, 0.15) is 47.1 Å². The summed E-state index contributed by atoms with van der Waals surface area (Å²) < 4.78 is 13.9. The second-order valence-electron chi connectivity index (χ2n) is 6.36. The van der Waals surface area contributed by atoms with Crippen molar-refractivity contribution in [3.05, 3.63) is 53.2 Å². The number of amides is 1. The molecule has 1 atom stereocenters. The Balaban J connectivity index is 1.70. The lowest BCUT2D eigenvalue weighted by atomic mass is 9.97. The van der Waals surface area contributed by atoms with E-state index in [-0.39, 0.29) is 17.8 Å². The first-order chi connectivity index (χ1) is 11.6. The van der Waals surface area contributed by atoms with Crippen molar-refractivity contribution in [3.63, 3.8) is 0 Å². The van der Waals surface area contributed by atoms with Crippen LogP contribution in [0.5, 0.6) is 0 Å². The van der Waals surface area contributed by atoms with Crippen LogP contribution >= 0.6 is 0 Å². The van der Waals surface area contributed by atoms with Gasteiger partial charge in [0.1, 0.15) is 11.5 Å². The zero-order chi connectivity index (χ0) is 16.7. The van der Waals surface area contributed by atoms with Crippen LogP contribution in [0.15, 0.2) is 30.5 Å². The zero-order valence-electron chi connectivity index (χ0n) is 13.5. The van der Waals surface area contributed by atoms with E-state index in [0.717, 1.165) is 30.5 Å². The van der Waals surface area contributed by atoms with E-state index in [9.17, 15) is 9.18 Å². The third kappa shape index (κ3) is 2.38. The molecule has 3 heterocycles. The van der Waals surface area contributed by atoms with Crippen molar-refractivity contribution in [2.45, 2.75) is 32.2 Å². The fourth-order valence-corrected chi connectivity index (χ4v) is 3.56. The Hall–Kier alpha value is -2.63. The number of carbonyl (C=O) groups excluding carboxylic acids is 1. The molecular formula is C18H19FN4O. The van der Waals surface area contributed by atoms with Gasteiger partial charge in [0.25, 0.3) is 5.91 Å². The van der Waals surface area contributed by atoms with Crippen molar-refractivity contribution < 1.29 is 9.18 Å². The number of H-pyrrole nitrogens is 2. The molecule has 4 rings (SSSR count). The number of fused-ring (bicyclic) bond motifs is 1. The van der Waals surface area contributed by atoms with Gasteiger partial charge in [0.05, 0.1) is 23.4 Å². The molecule has 6 heteroatoms. The highest BCUT2D eigenvalue weighted by molar-refractivity contribution is 5.98. The van der Waals surface area contributed by atoms with Crippen molar-refractivity contribution in [2.24, 2.45) is 0 Å². The Bertz CT molecular complexity index is 897. The van der Waals surface area contributed by atoms with Crippen molar-refractivity contribution in [2.75, 3.05) is 6.54 Å². The summed E-state index contributed by atoms with van der Waals surface area (Å²) in [4.78, 5) is 17.9. The first kappa shape index (κ1) is 14.9. The summed E-state index contributed by atoms with van der Waals surface area (Å²) in [7, 11) is 0. The summed E-state index contributed by atoms with van der Waals surface area (Å²) in [5, 5.41) is 7.84. The number of piperidine rings is 1. The minimum Gasteiger partial charge on any atom is -0.348 e. The first-order valence-electron chi connectivity index (χ1n) is 8.23. The molecule has 0 saturated carbocycles. The lowest BCUT2D eigenvalue weighted by Crippen LogP contribution is -2.39. The van der Waals surface area contributed by atoms with Crippen LogP contribution in [0, 0.1) is 12.7 Å². The SMILES string of the molecule is Cc1cn[nH]c1[C@H]1CCCCN1C(=O)c1cc2cccc(F)c2[nH]1. The van der Waals surface area contributed by atoms with Crippen LogP contribution < -0.4 is 0 Å². The Morgan fingerprint density at radius 2 is 2.25 bits per heavy atom. The summed E-state index contributed by atoms with van der Waals surface area (Å²) in [6, 6.07) is 6.57. The van der Waals surface area contributed by atoms with Crippen LogP contribution in [0.4, 0.5) is 4.39 Å². The summed E-state index contributed by atoms with van der Waals surface area (Å²) in [5.41, 5.74) is 2.86. The summed E-state index contributed by atoms with van der Waals surface area (Å²) in [5.74, 6) is -0.435. The highest BCUT2D eigenvalue weighted by Crippen LogP contribution is 2.33. The number of nitrogens with one attached hydrogen (secondary N) is 2. The molecule has 1 saturated heterocycles. The van der Waals surface area contributed by atoms with Crippen molar-refractivity contribution in [3.8, 4) is 0 Å². The van der Waals surface area contributed by atoms with Gasteiger partial charge in [0, 0.05) is 11.9 Å². The van der Waals surface area contributed by atoms with Crippen molar-refractivity contribution >= 4 is 16.8 Å². The number of nitrogens with zero attached hydrogens (tertiary/aromatic N) is 2. The molecule has 0 bridgehead atoms. The van der Waals surface area contributed by atoms with Gasteiger partial charge < -0.3 is 9.88 Å². The molecule has 0 unspecified atom stereocenters. The van der Waals surface area contributed by atoms with Crippen molar-refractivity contribution in [1.82, 2.24) is 20.1 Å².